The van der Waals surface area contributed by atoms with Crippen molar-refractivity contribution in [3.8, 4) is 0 Å². The van der Waals surface area contributed by atoms with E-state index < -0.39 is 0 Å². The van der Waals surface area contributed by atoms with E-state index in [0.717, 1.165) is 10.4 Å². The van der Waals surface area contributed by atoms with Gasteiger partial charge in [-0.3, -0.25) is 4.79 Å². The maximum atomic E-state index is 11.7. The molecule has 0 bridgehead atoms. The van der Waals surface area contributed by atoms with Gasteiger partial charge >= 0.3 is 0 Å². The van der Waals surface area contributed by atoms with E-state index in [9.17, 15) is 4.79 Å². The van der Waals surface area contributed by atoms with Crippen molar-refractivity contribution < 1.29 is 4.79 Å². The molecule has 0 spiro atoms. The molecule has 0 atom stereocenters. The third kappa shape index (κ3) is 4.83. The molecule has 21 heavy (non-hydrogen) atoms. The van der Waals surface area contributed by atoms with Gasteiger partial charge in [0.15, 0.2) is 3.92 Å². The molecule has 2 aromatic rings. The summed E-state index contributed by atoms with van der Waals surface area (Å²) in [5.41, 5.74) is 0.883. The minimum Gasteiger partial charge on any atom is -0.310 e. The van der Waals surface area contributed by atoms with Crippen LogP contribution >= 0.6 is 62.1 Å². The van der Waals surface area contributed by atoms with Crippen LogP contribution in [0.2, 0.25) is 10.0 Å². The number of alkyl halides is 1. The lowest BCUT2D eigenvalue weighted by Crippen LogP contribution is -2.13. The summed E-state index contributed by atoms with van der Waals surface area (Å²) in [7, 11) is 0. The standard InChI is InChI=1S/C13H10BrCl3N2OS/c14-13-19-12(18-11(20)3-4-15)10(21-13)6-7-5-8(16)1-2-9(7)17/h1-2,5H,3-4,6H2,(H,18,20). The number of hydrogen-bond acceptors (Lipinski definition) is 3. The van der Waals surface area contributed by atoms with E-state index in [0.29, 0.717) is 26.2 Å². The number of carbonyl (C=O) groups is 1. The van der Waals surface area contributed by atoms with E-state index in [2.05, 4.69) is 26.2 Å². The normalized spacial score (nSPS) is 10.7. The van der Waals surface area contributed by atoms with Crippen molar-refractivity contribution in [1.82, 2.24) is 4.98 Å². The number of rotatable bonds is 5. The van der Waals surface area contributed by atoms with Crippen molar-refractivity contribution in [1.29, 1.82) is 0 Å². The molecule has 8 heteroatoms. The van der Waals surface area contributed by atoms with Gasteiger partial charge in [0, 0.05) is 28.8 Å². The summed E-state index contributed by atoms with van der Waals surface area (Å²) in [5, 5.41) is 4.00. The Morgan fingerprint density at radius 3 is 2.86 bits per heavy atom. The van der Waals surface area contributed by atoms with Gasteiger partial charge in [-0.05, 0) is 39.7 Å². The molecule has 0 unspecified atom stereocenters. The predicted molar refractivity (Wildman–Crippen MR) is 93.0 cm³/mol. The van der Waals surface area contributed by atoms with Gasteiger partial charge in [-0.25, -0.2) is 4.98 Å². The van der Waals surface area contributed by atoms with Crippen molar-refractivity contribution in [3.63, 3.8) is 0 Å². The summed E-state index contributed by atoms with van der Waals surface area (Å²) >= 11 is 22.5. The maximum absolute atomic E-state index is 11.7. The largest absolute Gasteiger partial charge is 0.310 e. The van der Waals surface area contributed by atoms with Gasteiger partial charge < -0.3 is 5.32 Å². The molecule has 0 aliphatic rings. The predicted octanol–water partition coefficient (Wildman–Crippen LogP) is 5.37. The minimum atomic E-state index is -0.166. The molecule has 1 heterocycles. The van der Waals surface area contributed by atoms with Crippen LogP contribution in [0.3, 0.4) is 0 Å². The Morgan fingerprint density at radius 2 is 2.14 bits per heavy atom. The molecule has 0 aliphatic heterocycles. The minimum absolute atomic E-state index is 0.166. The first-order chi connectivity index (χ1) is 9.99. The highest BCUT2D eigenvalue weighted by molar-refractivity contribution is 9.11. The molecule has 1 aromatic carbocycles. The summed E-state index contributed by atoms with van der Waals surface area (Å²) in [6, 6.07) is 5.29. The van der Waals surface area contributed by atoms with Crippen LogP contribution in [0, 0.1) is 0 Å². The molecule has 1 amide bonds. The van der Waals surface area contributed by atoms with E-state index in [1.807, 2.05) is 6.07 Å². The van der Waals surface area contributed by atoms with E-state index in [1.54, 1.807) is 12.1 Å². The van der Waals surface area contributed by atoms with Crippen LogP contribution in [0.5, 0.6) is 0 Å². The first-order valence-electron chi connectivity index (χ1n) is 5.94. The van der Waals surface area contributed by atoms with Gasteiger partial charge in [0.05, 0.1) is 4.88 Å². The van der Waals surface area contributed by atoms with Crippen LogP contribution in [0.4, 0.5) is 5.82 Å². The molecule has 1 N–H and O–H groups in total. The van der Waals surface area contributed by atoms with Crippen molar-refractivity contribution in [3.05, 3.63) is 42.6 Å². The van der Waals surface area contributed by atoms with Crippen LogP contribution in [0.15, 0.2) is 22.1 Å². The third-order valence-corrected chi connectivity index (χ3v) is 4.91. The molecule has 3 nitrogen and oxygen atoms in total. The number of halogens is 4. The fraction of sp³-hybridized carbons (Fsp3) is 0.231. The fourth-order valence-electron chi connectivity index (χ4n) is 1.67. The lowest BCUT2D eigenvalue weighted by Gasteiger charge is -2.06. The number of nitrogens with zero attached hydrogens (tertiary/aromatic N) is 1. The quantitative estimate of drug-likeness (QED) is 0.651. The number of amides is 1. The molecule has 112 valence electrons. The molecule has 1 aromatic heterocycles. The summed E-state index contributed by atoms with van der Waals surface area (Å²) < 4.78 is 0.692. The van der Waals surface area contributed by atoms with Gasteiger partial charge in [-0.1, -0.05) is 23.2 Å². The zero-order valence-corrected chi connectivity index (χ0v) is 15.3. The number of benzene rings is 1. The van der Waals surface area contributed by atoms with Crippen molar-refractivity contribution in [2.75, 3.05) is 11.2 Å². The number of carbonyl (C=O) groups excluding carboxylic acids is 1. The molecular formula is C13H10BrCl3N2OS. The van der Waals surface area contributed by atoms with E-state index in [1.165, 1.54) is 11.3 Å². The van der Waals surface area contributed by atoms with Crippen molar-refractivity contribution in [2.24, 2.45) is 0 Å². The monoisotopic (exact) mass is 426 g/mol. The van der Waals surface area contributed by atoms with Crippen LogP contribution in [0.1, 0.15) is 16.9 Å². The highest BCUT2D eigenvalue weighted by atomic mass is 79.9. The van der Waals surface area contributed by atoms with Gasteiger partial charge in [-0.2, -0.15) is 0 Å². The molecule has 2 rings (SSSR count). The van der Waals surface area contributed by atoms with Crippen LogP contribution < -0.4 is 5.32 Å². The van der Waals surface area contributed by atoms with E-state index >= 15 is 0 Å². The average molecular weight is 429 g/mol. The van der Waals surface area contributed by atoms with Crippen molar-refractivity contribution >= 4 is 73.8 Å². The summed E-state index contributed by atoms with van der Waals surface area (Å²) in [4.78, 5) is 16.8. The molecule has 0 saturated heterocycles. The van der Waals surface area contributed by atoms with E-state index in [-0.39, 0.29) is 18.2 Å². The molecule has 0 fully saturated rings. The topological polar surface area (TPSA) is 42.0 Å². The van der Waals surface area contributed by atoms with Gasteiger partial charge in [0.2, 0.25) is 5.91 Å². The lowest BCUT2D eigenvalue weighted by atomic mass is 10.1. The zero-order chi connectivity index (χ0) is 15.4. The first kappa shape index (κ1) is 17.0. The van der Waals surface area contributed by atoms with Gasteiger partial charge in [0.25, 0.3) is 0 Å². The summed E-state index contributed by atoms with van der Waals surface area (Å²) in [6.07, 6.45) is 0.785. The Morgan fingerprint density at radius 1 is 1.38 bits per heavy atom. The number of anilines is 1. The van der Waals surface area contributed by atoms with Crippen LogP contribution in [-0.2, 0) is 11.2 Å². The van der Waals surface area contributed by atoms with Crippen molar-refractivity contribution in [2.45, 2.75) is 12.8 Å². The number of nitrogens with one attached hydrogen (secondary N) is 1. The van der Waals surface area contributed by atoms with Crippen LogP contribution in [0.25, 0.3) is 0 Å². The average Bonchev–Trinajstić information content (AvgIpc) is 2.74. The molecule has 0 saturated carbocycles. The Bertz CT molecular complexity index is 663. The number of thiazole rings is 1. The summed E-state index contributed by atoms with van der Waals surface area (Å²) in [5.74, 6) is 0.631. The Hall–Kier alpha value is -0.330. The zero-order valence-electron chi connectivity index (χ0n) is 10.6. The molecule has 0 radical (unpaired) electrons. The Kier molecular flexibility index (Phi) is 6.32. The van der Waals surface area contributed by atoms with Gasteiger partial charge in [-0.15, -0.1) is 22.9 Å². The smallest absolute Gasteiger partial charge is 0.226 e. The molecule has 0 aliphatic carbocycles. The highest BCUT2D eigenvalue weighted by Crippen LogP contribution is 2.32. The SMILES string of the molecule is O=C(CCCl)Nc1nc(Br)sc1Cc1cc(Cl)ccc1Cl. The number of hydrogen-bond donors (Lipinski definition) is 1. The van der Waals surface area contributed by atoms with Gasteiger partial charge in [0.1, 0.15) is 5.82 Å². The number of aromatic nitrogens is 1. The first-order valence-corrected chi connectivity index (χ1v) is 8.84. The van der Waals surface area contributed by atoms with E-state index in [4.69, 9.17) is 34.8 Å². The van der Waals surface area contributed by atoms with Crippen LogP contribution in [-0.4, -0.2) is 16.8 Å². The second kappa shape index (κ2) is 7.79. The Labute approximate surface area is 149 Å². The molecular weight excluding hydrogens is 418 g/mol. The summed E-state index contributed by atoms with van der Waals surface area (Å²) in [6.45, 7) is 0. The lowest BCUT2D eigenvalue weighted by molar-refractivity contribution is -0.115. The fourth-order valence-corrected chi connectivity index (χ4v) is 3.75. The third-order valence-electron chi connectivity index (χ3n) is 2.61. The Balaban J connectivity index is 2.23. The highest BCUT2D eigenvalue weighted by Gasteiger charge is 2.14. The second-order valence-corrected chi connectivity index (χ2v) is 7.72. The maximum Gasteiger partial charge on any atom is 0.226 e. The second-order valence-electron chi connectivity index (χ2n) is 4.14.